The first-order valence-electron chi connectivity index (χ1n) is 8.23. The molecule has 0 saturated carbocycles. The quantitative estimate of drug-likeness (QED) is 0.942. The molecule has 2 amide bonds. The van der Waals surface area contributed by atoms with Crippen LogP contribution >= 0.6 is 0 Å². The summed E-state index contributed by atoms with van der Waals surface area (Å²) in [5, 5.41) is 6.97. The van der Waals surface area contributed by atoms with Crippen molar-refractivity contribution in [3.63, 3.8) is 0 Å². The molecule has 6 heteroatoms. The molecule has 1 unspecified atom stereocenters. The molecule has 1 aromatic carbocycles. The van der Waals surface area contributed by atoms with Crippen LogP contribution in [0.3, 0.4) is 0 Å². The standard InChI is InChI=1S/C17H22N4O2/c1-2-18-17(22)21-12-8-4-7-11-14(21)16-19-15(20-23-16)13-9-5-3-6-10-13/h3,5-6,9-10,14H,2,4,7-8,11-12H2,1H3,(H,18,22). The van der Waals surface area contributed by atoms with E-state index in [9.17, 15) is 4.79 Å². The fourth-order valence-electron chi connectivity index (χ4n) is 2.94. The summed E-state index contributed by atoms with van der Waals surface area (Å²) in [5.74, 6) is 1.10. The first kappa shape index (κ1) is 15.5. The molecule has 1 aliphatic rings. The average Bonchev–Trinajstić information content (AvgIpc) is 2.94. The third-order valence-electron chi connectivity index (χ3n) is 4.10. The van der Waals surface area contributed by atoms with Gasteiger partial charge in [-0.05, 0) is 19.8 Å². The fraction of sp³-hybridized carbons (Fsp3) is 0.471. The van der Waals surface area contributed by atoms with Gasteiger partial charge in [0.25, 0.3) is 0 Å². The first-order chi connectivity index (χ1) is 11.3. The van der Waals surface area contributed by atoms with Gasteiger partial charge in [0.2, 0.25) is 11.7 Å². The van der Waals surface area contributed by atoms with Crippen molar-refractivity contribution in [3.05, 3.63) is 36.2 Å². The van der Waals surface area contributed by atoms with Crippen molar-refractivity contribution in [3.8, 4) is 11.4 Å². The molecule has 1 N–H and O–H groups in total. The van der Waals surface area contributed by atoms with Crippen molar-refractivity contribution in [2.45, 2.75) is 38.6 Å². The Labute approximate surface area is 135 Å². The largest absolute Gasteiger partial charge is 0.338 e. The molecule has 0 bridgehead atoms. The Morgan fingerprint density at radius 3 is 2.91 bits per heavy atom. The minimum absolute atomic E-state index is 0.0566. The predicted octanol–water partition coefficient (Wildman–Crippen LogP) is 3.38. The van der Waals surface area contributed by atoms with Gasteiger partial charge in [0.1, 0.15) is 6.04 Å². The second-order valence-corrected chi connectivity index (χ2v) is 5.72. The zero-order valence-electron chi connectivity index (χ0n) is 13.4. The second kappa shape index (κ2) is 7.26. The van der Waals surface area contributed by atoms with Gasteiger partial charge in [-0.15, -0.1) is 0 Å². The van der Waals surface area contributed by atoms with E-state index in [4.69, 9.17) is 4.52 Å². The molecule has 1 atom stereocenters. The number of carbonyl (C=O) groups excluding carboxylic acids is 1. The molecule has 0 spiro atoms. The third-order valence-corrected chi connectivity index (χ3v) is 4.10. The molecule has 122 valence electrons. The maximum Gasteiger partial charge on any atom is 0.318 e. The van der Waals surface area contributed by atoms with Crippen LogP contribution in [-0.4, -0.2) is 34.2 Å². The van der Waals surface area contributed by atoms with E-state index < -0.39 is 0 Å². The van der Waals surface area contributed by atoms with Crippen molar-refractivity contribution in [2.24, 2.45) is 0 Å². The van der Waals surface area contributed by atoms with Gasteiger partial charge in [-0.25, -0.2) is 4.79 Å². The highest BCUT2D eigenvalue weighted by Crippen LogP contribution is 2.30. The molecule has 0 radical (unpaired) electrons. The van der Waals surface area contributed by atoms with Crippen LogP contribution in [0.2, 0.25) is 0 Å². The topological polar surface area (TPSA) is 71.3 Å². The van der Waals surface area contributed by atoms with E-state index in [1.54, 1.807) is 0 Å². The second-order valence-electron chi connectivity index (χ2n) is 5.72. The van der Waals surface area contributed by atoms with Crippen molar-refractivity contribution in [1.29, 1.82) is 0 Å². The van der Waals surface area contributed by atoms with Crippen LogP contribution in [0.5, 0.6) is 0 Å². The molecule has 6 nitrogen and oxygen atoms in total. The summed E-state index contributed by atoms with van der Waals surface area (Å²) in [6.45, 7) is 3.26. The SMILES string of the molecule is CCNC(=O)N1CCCCCC1c1nc(-c2ccccc2)no1. The lowest BCUT2D eigenvalue weighted by molar-refractivity contribution is 0.159. The number of aromatic nitrogens is 2. The Kier molecular flexibility index (Phi) is 4.90. The van der Waals surface area contributed by atoms with Gasteiger partial charge in [-0.2, -0.15) is 4.98 Å². The molecule has 3 rings (SSSR count). The predicted molar refractivity (Wildman–Crippen MR) is 86.7 cm³/mol. The van der Waals surface area contributed by atoms with Crippen LogP contribution in [-0.2, 0) is 0 Å². The lowest BCUT2D eigenvalue weighted by atomic mass is 10.1. The smallest absolute Gasteiger partial charge is 0.318 e. The number of nitrogens with one attached hydrogen (secondary N) is 1. The highest BCUT2D eigenvalue weighted by atomic mass is 16.5. The summed E-state index contributed by atoms with van der Waals surface area (Å²) >= 11 is 0. The lowest BCUT2D eigenvalue weighted by Crippen LogP contribution is -2.42. The van der Waals surface area contributed by atoms with Crippen molar-refractivity contribution < 1.29 is 9.32 Å². The molecule has 1 saturated heterocycles. The number of rotatable bonds is 3. The van der Waals surface area contributed by atoms with Gasteiger partial charge in [-0.3, -0.25) is 0 Å². The number of hydrogen-bond acceptors (Lipinski definition) is 4. The van der Waals surface area contributed by atoms with Gasteiger partial charge in [-0.1, -0.05) is 48.3 Å². The maximum absolute atomic E-state index is 12.3. The molecule has 1 fully saturated rings. The number of hydrogen-bond donors (Lipinski definition) is 1. The van der Waals surface area contributed by atoms with Gasteiger partial charge < -0.3 is 14.7 Å². The highest BCUT2D eigenvalue weighted by molar-refractivity contribution is 5.74. The van der Waals surface area contributed by atoms with Crippen molar-refractivity contribution in [2.75, 3.05) is 13.1 Å². The van der Waals surface area contributed by atoms with Crippen LogP contribution in [0.15, 0.2) is 34.9 Å². The number of nitrogens with zero attached hydrogens (tertiary/aromatic N) is 3. The molecular weight excluding hydrogens is 292 g/mol. The molecule has 23 heavy (non-hydrogen) atoms. The van der Waals surface area contributed by atoms with Crippen LogP contribution < -0.4 is 5.32 Å². The van der Waals surface area contributed by atoms with E-state index in [0.29, 0.717) is 18.3 Å². The summed E-state index contributed by atoms with van der Waals surface area (Å²) in [7, 11) is 0. The minimum Gasteiger partial charge on any atom is -0.338 e. The minimum atomic E-state index is -0.144. The number of amides is 2. The number of benzene rings is 1. The Morgan fingerprint density at radius 1 is 1.30 bits per heavy atom. The van der Waals surface area contributed by atoms with Gasteiger partial charge in [0, 0.05) is 18.7 Å². The van der Waals surface area contributed by atoms with Crippen LogP contribution in [0.1, 0.15) is 44.5 Å². The van der Waals surface area contributed by atoms with Crippen LogP contribution in [0, 0.1) is 0 Å². The molecule has 2 heterocycles. The van der Waals surface area contributed by atoms with Crippen LogP contribution in [0.25, 0.3) is 11.4 Å². The zero-order valence-corrected chi connectivity index (χ0v) is 13.4. The molecular formula is C17H22N4O2. The van der Waals surface area contributed by atoms with E-state index in [0.717, 1.165) is 37.8 Å². The first-order valence-corrected chi connectivity index (χ1v) is 8.23. The highest BCUT2D eigenvalue weighted by Gasteiger charge is 2.30. The van der Waals surface area contributed by atoms with E-state index in [1.807, 2.05) is 42.2 Å². The van der Waals surface area contributed by atoms with Gasteiger partial charge in [0.15, 0.2) is 0 Å². The van der Waals surface area contributed by atoms with E-state index in [-0.39, 0.29) is 12.1 Å². The van der Waals surface area contributed by atoms with Gasteiger partial charge >= 0.3 is 6.03 Å². The third kappa shape index (κ3) is 3.52. The summed E-state index contributed by atoms with van der Waals surface area (Å²) in [5.41, 5.74) is 0.917. The van der Waals surface area contributed by atoms with E-state index in [1.165, 1.54) is 0 Å². The summed E-state index contributed by atoms with van der Waals surface area (Å²) < 4.78 is 5.49. The van der Waals surface area contributed by atoms with E-state index in [2.05, 4.69) is 15.5 Å². The maximum atomic E-state index is 12.3. The Morgan fingerprint density at radius 2 is 2.13 bits per heavy atom. The zero-order chi connectivity index (χ0) is 16.1. The summed E-state index contributed by atoms with van der Waals surface area (Å²) in [6.07, 6.45) is 4.04. The van der Waals surface area contributed by atoms with Gasteiger partial charge in [0.05, 0.1) is 0 Å². The monoisotopic (exact) mass is 314 g/mol. The molecule has 2 aromatic rings. The average molecular weight is 314 g/mol. The normalized spacial score (nSPS) is 18.5. The molecule has 1 aromatic heterocycles. The Bertz CT molecular complexity index is 641. The lowest BCUT2D eigenvalue weighted by Gasteiger charge is -2.27. The Balaban J connectivity index is 1.85. The van der Waals surface area contributed by atoms with Crippen LogP contribution in [0.4, 0.5) is 4.79 Å². The van der Waals surface area contributed by atoms with E-state index >= 15 is 0 Å². The van der Waals surface area contributed by atoms with Crippen molar-refractivity contribution >= 4 is 6.03 Å². The Hall–Kier alpha value is -2.37. The molecule has 1 aliphatic heterocycles. The summed E-state index contributed by atoms with van der Waals surface area (Å²) in [6, 6.07) is 9.53. The number of likely N-dealkylation sites (tertiary alicyclic amines) is 1. The fourth-order valence-corrected chi connectivity index (χ4v) is 2.94. The summed E-state index contributed by atoms with van der Waals surface area (Å²) in [4.78, 5) is 18.7. The van der Waals surface area contributed by atoms with Crippen molar-refractivity contribution in [1.82, 2.24) is 20.4 Å². The number of urea groups is 1. The number of carbonyl (C=O) groups is 1. The molecule has 0 aliphatic carbocycles.